The lowest BCUT2D eigenvalue weighted by Gasteiger charge is -2.30. The van der Waals surface area contributed by atoms with Gasteiger partial charge in [-0.05, 0) is 43.7 Å². The maximum atomic E-state index is 12.3. The summed E-state index contributed by atoms with van der Waals surface area (Å²) in [4.78, 5) is 23.4. The molecule has 0 saturated heterocycles. The smallest absolute Gasteiger partial charge is 0.465 e. The number of hydrogen-bond donors (Lipinski definition) is 2. The number of carbonyl (C=O) groups is 2. The number of hydrogen-bond acceptors (Lipinski definition) is 4. The summed E-state index contributed by atoms with van der Waals surface area (Å²) in [5, 5.41) is 11.5. The molecule has 0 saturated carbocycles. The normalized spacial score (nSPS) is 12.5. The predicted octanol–water partition coefficient (Wildman–Crippen LogP) is 5.69. The first-order valence-electron chi connectivity index (χ1n) is 8.60. The lowest BCUT2D eigenvalue weighted by molar-refractivity contribution is 0.0199. The summed E-state index contributed by atoms with van der Waals surface area (Å²) in [5.74, 6) is 0.412. The molecule has 0 atom stereocenters. The first-order valence-corrected chi connectivity index (χ1v) is 8.60. The van der Waals surface area contributed by atoms with Crippen molar-refractivity contribution in [1.82, 2.24) is 0 Å². The second-order valence-electron chi connectivity index (χ2n) is 9.40. The highest BCUT2D eigenvalue weighted by Gasteiger charge is 2.31. The van der Waals surface area contributed by atoms with Crippen LogP contribution >= 0.6 is 0 Å². The number of benzene rings is 1. The van der Waals surface area contributed by atoms with Crippen molar-refractivity contribution in [3.63, 3.8) is 0 Å². The molecule has 6 heteroatoms. The van der Waals surface area contributed by atoms with Crippen LogP contribution in [0.15, 0.2) is 12.1 Å². The van der Waals surface area contributed by atoms with Crippen LogP contribution in [0, 0.1) is 0 Å². The third-order valence-corrected chi connectivity index (χ3v) is 3.53. The summed E-state index contributed by atoms with van der Waals surface area (Å²) in [6.45, 7) is 17.1. The molecule has 2 N–H and O–H groups in total. The van der Waals surface area contributed by atoms with E-state index in [0.29, 0.717) is 11.4 Å². The van der Waals surface area contributed by atoms with Gasteiger partial charge < -0.3 is 14.6 Å². The summed E-state index contributed by atoms with van der Waals surface area (Å²) in [7, 11) is 0. The Kier molecular flexibility index (Phi) is 6.02. The molecule has 1 amide bonds. The highest BCUT2D eigenvalue weighted by Crippen LogP contribution is 2.42. The van der Waals surface area contributed by atoms with E-state index >= 15 is 0 Å². The fourth-order valence-electron chi connectivity index (χ4n) is 2.40. The predicted molar refractivity (Wildman–Crippen MR) is 102 cm³/mol. The van der Waals surface area contributed by atoms with Crippen molar-refractivity contribution in [2.45, 2.75) is 78.7 Å². The summed E-state index contributed by atoms with van der Waals surface area (Å²) < 4.78 is 10.9. The summed E-state index contributed by atoms with van der Waals surface area (Å²) in [5.41, 5.74) is 0.440. The van der Waals surface area contributed by atoms with Gasteiger partial charge in [-0.1, -0.05) is 41.5 Å². The molecular formula is C20H31NO5. The molecule has 0 aliphatic rings. The highest BCUT2D eigenvalue weighted by atomic mass is 16.7. The summed E-state index contributed by atoms with van der Waals surface area (Å²) in [6, 6.07) is 3.39. The van der Waals surface area contributed by atoms with Crippen LogP contribution < -0.4 is 10.1 Å². The van der Waals surface area contributed by atoms with Gasteiger partial charge in [0.1, 0.15) is 11.4 Å². The Balaban J connectivity index is 3.58. The van der Waals surface area contributed by atoms with E-state index in [1.807, 2.05) is 41.5 Å². The van der Waals surface area contributed by atoms with E-state index in [4.69, 9.17) is 14.6 Å². The molecule has 0 unspecified atom stereocenters. The molecule has 0 heterocycles. The van der Waals surface area contributed by atoms with Gasteiger partial charge in [-0.25, -0.2) is 9.59 Å². The molecular weight excluding hydrogens is 334 g/mol. The van der Waals surface area contributed by atoms with Gasteiger partial charge in [0.05, 0.1) is 0 Å². The van der Waals surface area contributed by atoms with Gasteiger partial charge in [0.15, 0.2) is 0 Å². The standard InChI is InChI=1S/C20H31NO5/c1-18(2,3)13-10-12(21-16(22)23)11-14(19(4,5)6)15(13)25-17(24)26-20(7,8)9/h10-11,21H,1-9H3,(H,22,23). The van der Waals surface area contributed by atoms with E-state index in [0.717, 1.165) is 11.1 Å². The third-order valence-electron chi connectivity index (χ3n) is 3.53. The molecule has 6 nitrogen and oxygen atoms in total. The summed E-state index contributed by atoms with van der Waals surface area (Å²) in [6.07, 6.45) is -1.93. The number of ether oxygens (including phenoxy) is 2. The molecule has 0 aromatic heterocycles. The molecule has 0 aliphatic heterocycles. The van der Waals surface area contributed by atoms with Crippen LogP contribution in [-0.2, 0) is 15.6 Å². The lowest BCUT2D eigenvalue weighted by atomic mass is 9.79. The molecule has 26 heavy (non-hydrogen) atoms. The van der Waals surface area contributed by atoms with E-state index in [1.165, 1.54) is 0 Å². The number of anilines is 1. The quantitative estimate of drug-likeness (QED) is 0.520. The van der Waals surface area contributed by atoms with Gasteiger partial charge in [-0.3, -0.25) is 5.32 Å². The van der Waals surface area contributed by atoms with Crippen molar-refractivity contribution >= 4 is 17.9 Å². The van der Waals surface area contributed by atoms with Crippen molar-refractivity contribution in [3.05, 3.63) is 23.3 Å². The van der Waals surface area contributed by atoms with E-state index in [-0.39, 0.29) is 10.8 Å². The molecule has 1 rings (SSSR count). The fraction of sp³-hybridized carbons (Fsp3) is 0.600. The zero-order valence-electron chi connectivity index (χ0n) is 17.2. The van der Waals surface area contributed by atoms with Gasteiger partial charge in [0.25, 0.3) is 0 Å². The van der Waals surface area contributed by atoms with Gasteiger partial charge >= 0.3 is 12.2 Å². The highest BCUT2D eigenvalue weighted by molar-refractivity contribution is 5.84. The Labute approximate surface area is 155 Å². The van der Waals surface area contributed by atoms with Crippen molar-refractivity contribution in [3.8, 4) is 5.75 Å². The van der Waals surface area contributed by atoms with E-state index < -0.39 is 17.8 Å². The van der Waals surface area contributed by atoms with Crippen LogP contribution in [0.5, 0.6) is 5.75 Å². The van der Waals surface area contributed by atoms with Crippen LogP contribution in [0.4, 0.5) is 15.3 Å². The van der Waals surface area contributed by atoms with Crippen molar-refractivity contribution < 1.29 is 24.2 Å². The van der Waals surface area contributed by atoms with Crippen LogP contribution in [0.25, 0.3) is 0 Å². The molecule has 0 radical (unpaired) electrons. The second-order valence-corrected chi connectivity index (χ2v) is 9.40. The molecule has 146 valence electrons. The fourth-order valence-corrected chi connectivity index (χ4v) is 2.40. The average molecular weight is 365 g/mol. The number of amides is 1. The largest absolute Gasteiger partial charge is 0.514 e. The Morgan fingerprint density at radius 1 is 0.885 bits per heavy atom. The van der Waals surface area contributed by atoms with Gasteiger partial charge in [0.2, 0.25) is 0 Å². The maximum absolute atomic E-state index is 12.3. The lowest BCUT2D eigenvalue weighted by Crippen LogP contribution is -2.28. The minimum Gasteiger partial charge on any atom is -0.465 e. The van der Waals surface area contributed by atoms with Crippen molar-refractivity contribution in [2.24, 2.45) is 0 Å². The Morgan fingerprint density at radius 3 is 1.62 bits per heavy atom. The number of rotatable bonds is 2. The van der Waals surface area contributed by atoms with Gasteiger partial charge in [-0.15, -0.1) is 0 Å². The van der Waals surface area contributed by atoms with Crippen LogP contribution in [0.3, 0.4) is 0 Å². The molecule has 0 aliphatic carbocycles. The van der Waals surface area contributed by atoms with Crippen molar-refractivity contribution in [1.29, 1.82) is 0 Å². The SMILES string of the molecule is CC(C)(C)OC(=O)Oc1c(C(C)(C)C)cc(NC(=O)O)cc1C(C)(C)C. The second kappa shape index (κ2) is 7.17. The molecule has 0 spiro atoms. The average Bonchev–Trinajstić information content (AvgIpc) is 2.34. The Morgan fingerprint density at radius 2 is 1.31 bits per heavy atom. The number of carboxylic acid groups (broad SMARTS) is 1. The minimum absolute atomic E-state index is 0.381. The van der Waals surface area contributed by atoms with Crippen molar-refractivity contribution in [2.75, 3.05) is 5.32 Å². The van der Waals surface area contributed by atoms with E-state index in [9.17, 15) is 9.59 Å². The first kappa shape index (κ1) is 21.8. The van der Waals surface area contributed by atoms with Crippen LogP contribution in [0.1, 0.15) is 73.4 Å². The Bertz CT molecular complexity index is 653. The Hall–Kier alpha value is -2.24. The van der Waals surface area contributed by atoms with E-state index in [2.05, 4.69) is 5.32 Å². The minimum atomic E-state index is -1.15. The molecule has 0 fully saturated rings. The maximum Gasteiger partial charge on any atom is 0.514 e. The van der Waals surface area contributed by atoms with Gasteiger partial charge in [0, 0.05) is 16.8 Å². The van der Waals surface area contributed by atoms with E-state index in [1.54, 1.807) is 32.9 Å². The molecule has 1 aromatic carbocycles. The van der Waals surface area contributed by atoms with Crippen LogP contribution in [-0.4, -0.2) is 23.0 Å². The van der Waals surface area contributed by atoms with Gasteiger partial charge in [-0.2, -0.15) is 0 Å². The molecule has 1 aromatic rings. The number of carbonyl (C=O) groups excluding carboxylic acids is 1. The monoisotopic (exact) mass is 365 g/mol. The van der Waals surface area contributed by atoms with Crippen LogP contribution in [0.2, 0.25) is 0 Å². The third kappa shape index (κ3) is 6.24. The topological polar surface area (TPSA) is 84.9 Å². The summed E-state index contributed by atoms with van der Waals surface area (Å²) >= 11 is 0. The zero-order valence-corrected chi connectivity index (χ0v) is 17.2. The molecule has 0 bridgehead atoms. The zero-order chi connectivity index (χ0) is 20.5. The number of nitrogens with one attached hydrogen (secondary N) is 1. The first-order chi connectivity index (χ1) is 11.5.